The Labute approximate surface area is 336 Å². The summed E-state index contributed by atoms with van der Waals surface area (Å²) in [5, 5.41) is 7.74. The molecule has 0 aliphatic carbocycles. The third-order valence-corrected chi connectivity index (χ3v) is 14.4. The molecular weight excluding hydrogens is 707 g/mol. The molecule has 9 aromatic carbocycles. The van der Waals surface area contributed by atoms with Gasteiger partial charge in [-0.2, -0.15) is 0 Å². The molecule has 1 aromatic heterocycles. The summed E-state index contributed by atoms with van der Waals surface area (Å²) in [5.74, 6) is 0. The summed E-state index contributed by atoms with van der Waals surface area (Å²) in [6.07, 6.45) is 0. The van der Waals surface area contributed by atoms with Gasteiger partial charge in [0, 0.05) is 49.2 Å². The van der Waals surface area contributed by atoms with E-state index in [1.54, 1.807) is 0 Å². The Bertz CT molecular complexity index is 3360. The molecule has 13 rings (SSSR count). The molecule has 3 aliphatic heterocycles. The number of benzene rings is 9. The van der Waals surface area contributed by atoms with Gasteiger partial charge in [-0.3, -0.25) is 0 Å². The first-order valence-electron chi connectivity index (χ1n) is 20.0. The minimum absolute atomic E-state index is 0.0713. The number of nitrogens with zero attached hydrogens (tertiary/aromatic N) is 2. The van der Waals surface area contributed by atoms with Gasteiger partial charge < -0.3 is 9.71 Å². The molecule has 10 aromatic rings. The van der Waals surface area contributed by atoms with Crippen LogP contribution in [0.5, 0.6) is 0 Å². The molecule has 0 fully saturated rings. The Kier molecular flexibility index (Phi) is 6.23. The van der Waals surface area contributed by atoms with Crippen molar-refractivity contribution >= 4 is 99.3 Å². The van der Waals surface area contributed by atoms with Gasteiger partial charge in [0.05, 0.1) is 10.4 Å². The fraction of sp³-hybridized carbons (Fsp3) is 0.0566. The average Bonchev–Trinajstić information content (AvgIpc) is 3.64. The van der Waals surface area contributed by atoms with E-state index in [9.17, 15) is 0 Å². The van der Waals surface area contributed by atoms with E-state index in [2.05, 4.69) is 199 Å². The topological polar surface area (TPSA) is 6.48 Å². The van der Waals surface area contributed by atoms with E-state index < -0.39 is 0 Å². The van der Waals surface area contributed by atoms with E-state index in [-0.39, 0.29) is 12.3 Å². The number of hydrogen-bond donors (Lipinski definition) is 0. The first kappa shape index (κ1) is 31.6. The number of para-hydroxylation sites is 1. The van der Waals surface area contributed by atoms with Crippen molar-refractivity contribution < 1.29 is 0 Å². The summed E-state index contributed by atoms with van der Waals surface area (Å²) in [5.41, 5.74) is 16.6. The quantitative estimate of drug-likeness (QED) is 0.163. The molecule has 0 saturated carbocycles. The Hall–Kier alpha value is -6.62. The van der Waals surface area contributed by atoms with Crippen LogP contribution in [0.15, 0.2) is 176 Å². The lowest BCUT2D eigenvalue weighted by atomic mass is 9.42. The zero-order valence-corrected chi connectivity index (χ0v) is 32.4. The van der Waals surface area contributed by atoms with Crippen molar-refractivity contribution in [2.75, 3.05) is 9.71 Å². The Balaban J connectivity index is 1.21. The second kappa shape index (κ2) is 11.2. The smallest absolute Gasteiger partial charge is 0.333 e. The first-order valence-corrected chi connectivity index (χ1v) is 20.8. The third kappa shape index (κ3) is 4.15. The second-order valence-corrected chi connectivity index (χ2v) is 17.5. The monoisotopic (exact) mass is 742 g/mol. The average molecular weight is 743 g/mol. The number of thiophene rings is 1. The van der Waals surface area contributed by atoms with Crippen molar-refractivity contribution in [3.8, 4) is 22.3 Å². The summed E-state index contributed by atoms with van der Waals surface area (Å²) in [4.78, 5) is 5.36. The lowest BCUT2D eigenvalue weighted by Gasteiger charge is -2.50. The van der Waals surface area contributed by atoms with Gasteiger partial charge in [0.1, 0.15) is 0 Å². The molecule has 4 heterocycles. The molecule has 0 atom stereocenters. The standard InChI is InChI=1S/C53H35BN2S/c1-53(2)41-22-13-23-43-51(41)55(46-30-34-17-7-6-16-33(34)28-42(46)53)47-31-36-18-8-9-19-37(36)49-40-27-26-35(32-14-4-3-5-15-32)29-45(40)56(54(43)50(47)49)44-24-12-21-39-38-20-10-11-25-48(38)57-52(39)44/h3-31H,1-2H3. The van der Waals surface area contributed by atoms with E-state index in [0.29, 0.717) is 0 Å². The van der Waals surface area contributed by atoms with Crippen LogP contribution in [0.4, 0.5) is 28.4 Å². The van der Waals surface area contributed by atoms with E-state index in [1.807, 2.05) is 11.3 Å². The van der Waals surface area contributed by atoms with Crippen LogP contribution in [0.25, 0.3) is 64.0 Å². The molecule has 2 nitrogen and oxygen atoms in total. The third-order valence-electron chi connectivity index (χ3n) is 13.2. The number of anilines is 5. The molecule has 4 heteroatoms. The van der Waals surface area contributed by atoms with Crippen molar-refractivity contribution in [2.45, 2.75) is 19.3 Å². The minimum atomic E-state index is -0.220. The van der Waals surface area contributed by atoms with Crippen LogP contribution in [0.2, 0.25) is 0 Å². The molecule has 0 saturated heterocycles. The van der Waals surface area contributed by atoms with Crippen molar-refractivity contribution in [1.82, 2.24) is 0 Å². The summed E-state index contributed by atoms with van der Waals surface area (Å²) in [7, 11) is 0. The number of hydrogen-bond acceptors (Lipinski definition) is 3. The van der Waals surface area contributed by atoms with Crippen molar-refractivity contribution in [2.24, 2.45) is 0 Å². The van der Waals surface area contributed by atoms with Gasteiger partial charge >= 0.3 is 6.85 Å². The summed E-state index contributed by atoms with van der Waals surface area (Å²) >= 11 is 1.92. The normalized spacial score (nSPS) is 14.5. The Morgan fingerprint density at radius 1 is 0.491 bits per heavy atom. The van der Waals surface area contributed by atoms with E-state index >= 15 is 0 Å². The van der Waals surface area contributed by atoms with Gasteiger partial charge in [0.25, 0.3) is 0 Å². The Morgan fingerprint density at radius 3 is 2.05 bits per heavy atom. The van der Waals surface area contributed by atoms with Gasteiger partial charge in [-0.25, -0.2) is 0 Å². The molecule has 0 bridgehead atoms. The second-order valence-electron chi connectivity index (χ2n) is 16.4. The molecule has 266 valence electrons. The maximum absolute atomic E-state index is 2.72. The highest BCUT2D eigenvalue weighted by Crippen LogP contribution is 2.57. The fourth-order valence-electron chi connectivity index (χ4n) is 10.6. The fourth-order valence-corrected chi connectivity index (χ4v) is 11.8. The van der Waals surface area contributed by atoms with E-state index in [0.717, 1.165) is 0 Å². The van der Waals surface area contributed by atoms with Gasteiger partial charge in [0.2, 0.25) is 0 Å². The van der Waals surface area contributed by atoms with Crippen LogP contribution < -0.4 is 20.6 Å². The maximum Gasteiger partial charge on any atom is 0.333 e. The SMILES string of the molecule is CC1(C)c2cc3ccccc3cc2N2c3cc4ccccc4c4c3B(c3cccc1c32)N(c1cccc2c1sc1ccccc12)c1cc(-c2ccccc2)ccc1-4. The molecule has 0 radical (unpaired) electrons. The summed E-state index contributed by atoms with van der Waals surface area (Å²) in [6.45, 7) is 4.78. The Morgan fingerprint density at radius 2 is 1.19 bits per heavy atom. The predicted molar refractivity (Wildman–Crippen MR) is 246 cm³/mol. The minimum Gasteiger partial charge on any atom is -0.375 e. The molecule has 0 unspecified atom stereocenters. The van der Waals surface area contributed by atoms with Crippen molar-refractivity contribution in [3.63, 3.8) is 0 Å². The van der Waals surface area contributed by atoms with Crippen LogP contribution in [-0.2, 0) is 5.41 Å². The number of rotatable bonds is 2. The first-order chi connectivity index (χ1) is 28.0. The molecular formula is C53H35BN2S. The highest BCUT2D eigenvalue weighted by atomic mass is 32.1. The van der Waals surface area contributed by atoms with Crippen molar-refractivity contribution in [3.05, 3.63) is 187 Å². The van der Waals surface area contributed by atoms with Crippen LogP contribution in [-0.4, -0.2) is 6.85 Å². The molecule has 0 N–H and O–H groups in total. The summed E-state index contributed by atoms with van der Waals surface area (Å²) < 4.78 is 2.64. The van der Waals surface area contributed by atoms with Gasteiger partial charge in [-0.1, -0.05) is 153 Å². The van der Waals surface area contributed by atoms with Crippen LogP contribution in [0.1, 0.15) is 25.0 Å². The largest absolute Gasteiger partial charge is 0.375 e. The lowest BCUT2D eigenvalue weighted by Crippen LogP contribution is -2.62. The van der Waals surface area contributed by atoms with Gasteiger partial charge in [-0.05, 0) is 96.7 Å². The molecule has 57 heavy (non-hydrogen) atoms. The lowest BCUT2D eigenvalue weighted by molar-refractivity contribution is 0.633. The van der Waals surface area contributed by atoms with Gasteiger partial charge in [-0.15, -0.1) is 11.3 Å². The van der Waals surface area contributed by atoms with Crippen LogP contribution in [0, 0.1) is 0 Å². The van der Waals surface area contributed by atoms with Gasteiger partial charge in [0.15, 0.2) is 0 Å². The molecule has 0 spiro atoms. The van der Waals surface area contributed by atoms with Crippen LogP contribution >= 0.6 is 11.3 Å². The number of fused-ring (bicyclic) bond motifs is 12. The highest BCUT2D eigenvalue weighted by Gasteiger charge is 2.50. The maximum atomic E-state index is 2.72. The van der Waals surface area contributed by atoms with E-state index in [1.165, 1.54) is 114 Å². The van der Waals surface area contributed by atoms with Crippen molar-refractivity contribution in [1.29, 1.82) is 0 Å². The van der Waals surface area contributed by atoms with Crippen LogP contribution in [0.3, 0.4) is 0 Å². The zero-order valence-electron chi connectivity index (χ0n) is 31.6. The highest BCUT2D eigenvalue weighted by molar-refractivity contribution is 7.26. The molecule has 0 amide bonds. The zero-order chi connectivity index (χ0) is 37.6. The summed E-state index contributed by atoms with van der Waals surface area (Å²) in [6, 6.07) is 66.3. The van der Waals surface area contributed by atoms with E-state index in [4.69, 9.17) is 0 Å². The molecule has 3 aliphatic rings. The predicted octanol–water partition coefficient (Wildman–Crippen LogP) is 13.4.